The number of hydrogen-bond donors (Lipinski definition) is 0. The van der Waals surface area contributed by atoms with E-state index < -0.39 is 0 Å². The van der Waals surface area contributed by atoms with Crippen LogP contribution in [0, 0.1) is 0 Å². The van der Waals surface area contributed by atoms with Crippen molar-refractivity contribution < 1.29 is 9.53 Å². The number of ether oxygens (including phenoxy) is 1. The molecule has 3 heteroatoms. The number of aryl methyl sites for hydroxylation is 1. The highest BCUT2D eigenvalue weighted by Gasteiger charge is 2.24. The van der Waals surface area contributed by atoms with Crippen molar-refractivity contribution in [2.45, 2.75) is 18.9 Å². The number of benzene rings is 1. The number of rotatable bonds is 1. The van der Waals surface area contributed by atoms with Crippen LogP contribution < -0.4 is 0 Å². The van der Waals surface area contributed by atoms with E-state index in [0.717, 1.165) is 5.56 Å². The third kappa shape index (κ3) is 1.76. The fourth-order valence-corrected chi connectivity index (χ4v) is 2.51. The topological polar surface area (TPSA) is 31.2 Å². The Kier molecular flexibility index (Phi) is 2.48. The molecule has 0 aliphatic carbocycles. The van der Waals surface area contributed by atoms with Gasteiger partial charge < -0.3 is 9.30 Å². The number of Topliss-reactive ketones (excluding diaryl/α,β-unsaturated/α-hetero) is 1. The van der Waals surface area contributed by atoms with Crippen LogP contribution in [0.5, 0.6) is 0 Å². The minimum atomic E-state index is -0.0673. The monoisotopic (exact) mass is 229 g/mol. The second kappa shape index (κ2) is 4.00. The Morgan fingerprint density at radius 1 is 1.35 bits per heavy atom. The average Bonchev–Trinajstić information content (AvgIpc) is 2.68. The van der Waals surface area contributed by atoms with Crippen LogP contribution >= 0.6 is 0 Å². The first-order valence-corrected chi connectivity index (χ1v) is 5.93. The fourth-order valence-electron chi connectivity index (χ4n) is 2.51. The van der Waals surface area contributed by atoms with Crippen LogP contribution in [0.3, 0.4) is 0 Å². The number of carbonyl (C=O) groups excluding carboxylic acids is 1. The zero-order chi connectivity index (χ0) is 11.8. The molecule has 17 heavy (non-hydrogen) atoms. The average molecular weight is 229 g/mol. The van der Waals surface area contributed by atoms with Gasteiger partial charge in [0.15, 0.2) is 0 Å². The highest BCUT2D eigenvalue weighted by atomic mass is 16.5. The molecule has 1 unspecified atom stereocenters. The second-order valence-corrected chi connectivity index (χ2v) is 4.56. The van der Waals surface area contributed by atoms with Crippen molar-refractivity contribution in [3.63, 3.8) is 0 Å². The first-order chi connectivity index (χ1) is 8.25. The van der Waals surface area contributed by atoms with E-state index in [0.29, 0.717) is 25.2 Å². The third-order valence-electron chi connectivity index (χ3n) is 3.39. The van der Waals surface area contributed by atoms with Gasteiger partial charge in [-0.3, -0.25) is 4.79 Å². The van der Waals surface area contributed by atoms with E-state index in [4.69, 9.17) is 4.74 Å². The van der Waals surface area contributed by atoms with Crippen LogP contribution in [0.25, 0.3) is 10.9 Å². The number of carbonyl (C=O) groups is 1. The Hall–Kier alpha value is -1.61. The van der Waals surface area contributed by atoms with Crippen molar-refractivity contribution in [3.8, 4) is 0 Å². The van der Waals surface area contributed by atoms with Crippen molar-refractivity contribution in [2.75, 3.05) is 6.61 Å². The summed E-state index contributed by atoms with van der Waals surface area (Å²) in [6, 6.07) is 8.23. The third-order valence-corrected chi connectivity index (χ3v) is 3.39. The SMILES string of the molecule is Cn1cc(C2CC(=O)CCO2)c2ccccc21. The number of nitrogens with zero attached hydrogens (tertiary/aromatic N) is 1. The second-order valence-electron chi connectivity index (χ2n) is 4.56. The van der Waals surface area contributed by atoms with Gasteiger partial charge >= 0.3 is 0 Å². The summed E-state index contributed by atoms with van der Waals surface area (Å²) in [6.07, 6.45) is 3.07. The summed E-state index contributed by atoms with van der Waals surface area (Å²) in [5.41, 5.74) is 2.32. The fraction of sp³-hybridized carbons (Fsp3) is 0.357. The van der Waals surface area contributed by atoms with E-state index in [1.165, 1.54) is 10.9 Å². The first-order valence-electron chi connectivity index (χ1n) is 5.93. The molecule has 2 aromatic rings. The number of hydrogen-bond acceptors (Lipinski definition) is 2. The Bertz CT molecular complexity index is 571. The molecule has 0 saturated carbocycles. The van der Waals surface area contributed by atoms with Gasteiger partial charge in [0.25, 0.3) is 0 Å². The van der Waals surface area contributed by atoms with Crippen LogP contribution in [0.1, 0.15) is 24.5 Å². The summed E-state index contributed by atoms with van der Waals surface area (Å²) in [7, 11) is 2.02. The van der Waals surface area contributed by atoms with Crippen molar-refractivity contribution in [3.05, 3.63) is 36.0 Å². The molecule has 0 N–H and O–H groups in total. The summed E-state index contributed by atoms with van der Waals surface area (Å²) in [4.78, 5) is 11.5. The van der Waals surface area contributed by atoms with Gasteiger partial charge in [-0.15, -0.1) is 0 Å². The Morgan fingerprint density at radius 2 is 2.18 bits per heavy atom. The molecular weight excluding hydrogens is 214 g/mol. The molecular formula is C14H15NO2. The van der Waals surface area contributed by atoms with Gasteiger partial charge in [-0.1, -0.05) is 18.2 Å². The van der Waals surface area contributed by atoms with Crippen LogP contribution in [0.15, 0.2) is 30.5 Å². The van der Waals surface area contributed by atoms with Gasteiger partial charge in [0.2, 0.25) is 0 Å². The number of para-hydroxylation sites is 1. The lowest BCUT2D eigenvalue weighted by molar-refractivity contribution is -0.128. The lowest BCUT2D eigenvalue weighted by atomic mass is 10.00. The molecule has 88 valence electrons. The van der Waals surface area contributed by atoms with Crippen molar-refractivity contribution >= 4 is 16.7 Å². The zero-order valence-corrected chi connectivity index (χ0v) is 9.85. The summed E-state index contributed by atoms with van der Waals surface area (Å²) in [5, 5.41) is 1.19. The van der Waals surface area contributed by atoms with E-state index in [9.17, 15) is 4.79 Å². The standard InChI is InChI=1S/C14H15NO2/c1-15-9-12(11-4-2-3-5-13(11)15)14-8-10(16)6-7-17-14/h2-5,9,14H,6-8H2,1H3. The van der Waals surface area contributed by atoms with Crippen molar-refractivity contribution in [1.82, 2.24) is 4.57 Å². The predicted molar refractivity (Wildman–Crippen MR) is 65.9 cm³/mol. The van der Waals surface area contributed by atoms with E-state index in [2.05, 4.69) is 22.9 Å². The highest BCUT2D eigenvalue weighted by Crippen LogP contribution is 2.32. The number of ketones is 1. The van der Waals surface area contributed by atoms with Gasteiger partial charge in [-0.25, -0.2) is 0 Å². The van der Waals surface area contributed by atoms with Crippen molar-refractivity contribution in [1.29, 1.82) is 0 Å². The molecule has 1 atom stereocenters. The van der Waals surface area contributed by atoms with Crippen LogP contribution in [-0.4, -0.2) is 17.0 Å². The molecule has 2 heterocycles. The lowest BCUT2D eigenvalue weighted by Crippen LogP contribution is -2.19. The molecule has 0 radical (unpaired) electrons. The van der Waals surface area contributed by atoms with Gasteiger partial charge in [0.05, 0.1) is 12.7 Å². The van der Waals surface area contributed by atoms with Crippen LogP contribution in [0.2, 0.25) is 0 Å². The summed E-state index contributed by atoms with van der Waals surface area (Å²) in [6.45, 7) is 0.548. The minimum Gasteiger partial charge on any atom is -0.373 e. The van der Waals surface area contributed by atoms with Gasteiger partial charge in [-0.05, 0) is 6.07 Å². The van der Waals surface area contributed by atoms with Crippen LogP contribution in [-0.2, 0) is 16.6 Å². The Labute approximate surface area is 100.0 Å². The van der Waals surface area contributed by atoms with E-state index >= 15 is 0 Å². The number of fused-ring (bicyclic) bond motifs is 1. The molecule has 1 aromatic heterocycles. The zero-order valence-electron chi connectivity index (χ0n) is 9.85. The summed E-state index contributed by atoms with van der Waals surface area (Å²) >= 11 is 0. The summed E-state index contributed by atoms with van der Waals surface area (Å²) in [5.74, 6) is 0.300. The maximum atomic E-state index is 11.5. The minimum absolute atomic E-state index is 0.0673. The van der Waals surface area contributed by atoms with Gasteiger partial charge in [-0.2, -0.15) is 0 Å². The van der Waals surface area contributed by atoms with Crippen molar-refractivity contribution in [2.24, 2.45) is 7.05 Å². The molecule has 3 rings (SSSR count). The quantitative estimate of drug-likeness (QED) is 0.752. The Morgan fingerprint density at radius 3 is 3.00 bits per heavy atom. The molecule has 1 saturated heterocycles. The maximum absolute atomic E-state index is 11.5. The molecule has 0 spiro atoms. The number of aromatic nitrogens is 1. The smallest absolute Gasteiger partial charge is 0.138 e. The summed E-state index contributed by atoms with van der Waals surface area (Å²) < 4.78 is 7.81. The molecule has 1 aliphatic rings. The Balaban J connectivity index is 2.08. The van der Waals surface area contributed by atoms with Gasteiger partial charge in [0.1, 0.15) is 5.78 Å². The molecule has 0 bridgehead atoms. The van der Waals surface area contributed by atoms with E-state index in [1.54, 1.807) is 0 Å². The first kappa shape index (κ1) is 10.5. The molecule has 1 aromatic carbocycles. The molecule has 0 amide bonds. The molecule has 1 fully saturated rings. The highest BCUT2D eigenvalue weighted by molar-refractivity contribution is 5.86. The van der Waals surface area contributed by atoms with Crippen LogP contribution in [0.4, 0.5) is 0 Å². The maximum Gasteiger partial charge on any atom is 0.138 e. The normalized spacial score (nSPS) is 21.0. The largest absolute Gasteiger partial charge is 0.373 e. The lowest BCUT2D eigenvalue weighted by Gasteiger charge is -2.21. The predicted octanol–water partition coefficient (Wildman–Crippen LogP) is 2.60. The molecule has 1 aliphatic heterocycles. The van der Waals surface area contributed by atoms with E-state index in [1.807, 2.05) is 19.2 Å². The molecule has 3 nitrogen and oxygen atoms in total. The van der Waals surface area contributed by atoms with Gasteiger partial charge in [0, 0.05) is 42.6 Å². The van der Waals surface area contributed by atoms with E-state index in [-0.39, 0.29) is 6.10 Å².